The normalized spacial score (nSPS) is 10.8. The molecule has 0 saturated heterocycles. The van der Waals surface area contributed by atoms with Gasteiger partial charge in [0.2, 0.25) is 5.91 Å². The van der Waals surface area contributed by atoms with Gasteiger partial charge in [0.05, 0.1) is 23.6 Å². The van der Waals surface area contributed by atoms with Crippen LogP contribution in [0.5, 0.6) is 5.75 Å². The third kappa shape index (κ3) is 5.24. The van der Waals surface area contributed by atoms with Crippen LogP contribution in [0, 0.1) is 5.82 Å². The first kappa shape index (κ1) is 23.8. The Morgan fingerprint density at radius 2 is 1.76 bits per heavy atom. The maximum atomic E-state index is 14.7. The molecule has 0 aliphatic rings. The number of methoxy groups -OCH3 is 1. The third-order valence-corrected chi connectivity index (χ3v) is 6.41. The first-order valence-electron chi connectivity index (χ1n) is 10.4. The second-order valence-corrected chi connectivity index (χ2v) is 8.81. The highest BCUT2D eigenvalue weighted by Crippen LogP contribution is 2.32. The first-order chi connectivity index (χ1) is 16.5. The van der Waals surface area contributed by atoms with E-state index in [1.807, 2.05) is 36.4 Å². The van der Waals surface area contributed by atoms with Crippen LogP contribution >= 0.6 is 23.4 Å². The fourth-order valence-electron chi connectivity index (χ4n) is 3.36. The Kier molecular flexibility index (Phi) is 7.49. The van der Waals surface area contributed by atoms with Gasteiger partial charge in [-0.1, -0.05) is 59.8 Å². The van der Waals surface area contributed by atoms with Crippen LogP contribution in [0.2, 0.25) is 5.02 Å². The standard InChI is InChI=1S/C25H22ClFN4O2S/c1-30(15-17-11-13-18(33-2)14-12-17)23(32)16-34-25-29-28-24(19-7-3-4-8-20(19)26)31(25)22-10-6-5-9-21(22)27/h3-14H,15-16H2,1-2H3. The molecule has 6 nitrogen and oxygen atoms in total. The molecule has 0 bridgehead atoms. The van der Waals surface area contributed by atoms with Crippen LogP contribution in [0.1, 0.15) is 5.56 Å². The van der Waals surface area contributed by atoms with E-state index in [9.17, 15) is 9.18 Å². The average molecular weight is 497 g/mol. The number of para-hydroxylation sites is 1. The van der Waals surface area contributed by atoms with Crippen LogP contribution in [0.15, 0.2) is 78.0 Å². The Bertz CT molecular complexity index is 1300. The van der Waals surface area contributed by atoms with Gasteiger partial charge in [-0.15, -0.1) is 10.2 Å². The molecular weight excluding hydrogens is 475 g/mol. The van der Waals surface area contributed by atoms with E-state index < -0.39 is 5.82 Å². The zero-order valence-corrected chi connectivity index (χ0v) is 20.2. The van der Waals surface area contributed by atoms with Crippen LogP contribution in [-0.4, -0.2) is 45.5 Å². The highest BCUT2D eigenvalue weighted by molar-refractivity contribution is 7.99. The number of thioether (sulfide) groups is 1. The van der Waals surface area contributed by atoms with Gasteiger partial charge in [-0.25, -0.2) is 4.39 Å². The van der Waals surface area contributed by atoms with Crippen LogP contribution in [0.4, 0.5) is 4.39 Å². The van der Waals surface area contributed by atoms with Gasteiger partial charge >= 0.3 is 0 Å². The highest BCUT2D eigenvalue weighted by atomic mass is 35.5. The monoisotopic (exact) mass is 496 g/mol. The largest absolute Gasteiger partial charge is 0.497 e. The van der Waals surface area contributed by atoms with E-state index in [4.69, 9.17) is 16.3 Å². The van der Waals surface area contributed by atoms with Gasteiger partial charge in [-0.2, -0.15) is 0 Å². The number of amides is 1. The number of halogens is 2. The summed E-state index contributed by atoms with van der Waals surface area (Å²) in [5, 5.41) is 9.39. The summed E-state index contributed by atoms with van der Waals surface area (Å²) in [5.41, 5.74) is 1.89. The average Bonchev–Trinajstić information content (AvgIpc) is 3.27. The Morgan fingerprint density at radius 3 is 2.47 bits per heavy atom. The minimum absolute atomic E-state index is 0.0943. The van der Waals surface area contributed by atoms with Gasteiger partial charge in [-0.05, 0) is 42.0 Å². The second-order valence-electron chi connectivity index (χ2n) is 7.46. The Balaban J connectivity index is 1.56. The molecule has 0 aliphatic heterocycles. The molecule has 0 aliphatic carbocycles. The van der Waals surface area contributed by atoms with Crippen molar-refractivity contribution < 1.29 is 13.9 Å². The molecule has 1 aromatic heterocycles. The lowest BCUT2D eigenvalue weighted by Gasteiger charge is -2.17. The zero-order valence-electron chi connectivity index (χ0n) is 18.6. The summed E-state index contributed by atoms with van der Waals surface area (Å²) < 4.78 is 21.5. The molecule has 0 N–H and O–H groups in total. The summed E-state index contributed by atoms with van der Waals surface area (Å²) in [4.78, 5) is 14.4. The van der Waals surface area contributed by atoms with Crippen molar-refractivity contribution in [2.75, 3.05) is 19.9 Å². The van der Waals surface area contributed by atoms with Gasteiger partial charge < -0.3 is 9.64 Å². The predicted octanol–water partition coefficient (Wildman–Crippen LogP) is 5.49. The third-order valence-electron chi connectivity index (χ3n) is 5.17. The summed E-state index contributed by atoms with van der Waals surface area (Å²) >= 11 is 7.58. The summed E-state index contributed by atoms with van der Waals surface area (Å²) in [6.07, 6.45) is 0. The Labute approximate surface area is 206 Å². The van der Waals surface area contributed by atoms with Crippen LogP contribution < -0.4 is 4.74 Å². The predicted molar refractivity (Wildman–Crippen MR) is 132 cm³/mol. The number of benzene rings is 3. The molecule has 0 fully saturated rings. The molecule has 9 heteroatoms. The summed E-state index contributed by atoms with van der Waals surface area (Å²) in [7, 11) is 3.35. The topological polar surface area (TPSA) is 60.2 Å². The maximum absolute atomic E-state index is 14.7. The Morgan fingerprint density at radius 1 is 1.06 bits per heavy atom. The van der Waals surface area contributed by atoms with E-state index in [2.05, 4.69) is 10.2 Å². The summed E-state index contributed by atoms with van der Waals surface area (Å²) in [5.74, 6) is 0.748. The molecule has 0 radical (unpaired) electrons. The van der Waals surface area contributed by atoms with Crippen LogP contribution in [0.25, 0.3) is 17.1 Å². The molecule has 4 aromatic rings. The fourth-order valence-corrected chi connectivity index (χ4v) is 4.47. The molecule has 3 aromatic carbocycles. The lowest BCUT2D eigenvalue weighted by atomic mass is 10.2. The molecule has 1 amide bonds. The highest BCUT2D eigenvalue weighted by Gasteiger charge is 2.21. The number of hydrogen-bond acceptors (Lipinski definition) is 5. The smallest absolute Gasteiger partial charge is 0.233 e. The molecule has 4 rings (SSSR count). The molecule has 0 atom stereocenters. The molecule has 34 heavy (non-hydrogen) atoms. The number of carbonyl (C=O) groups is 1. The van der Waals surface area contributed by atoms with Crippen molar-refractivity contribution in [1.82, 2.24) is 19.7 Å². The zero-order chi connectivity index (χ0) is 24.1. The number of ether oxygens (including phenoxy) is 1. The summed E-state index contributed by atoms with van der Waals surface area (Å²) in [6, 6.07) is 21.1. The second kappa shape index (κ2) is 10.7. The van der Waals surface area contributed by atoms with Gasteiger partial charge in [0.25, 0.3) is 0 Å². The lowest BCUT2D eigenvalue weighted by Crippen LogP contribution is -2.27. The number of nitrogens with zero attached hydrogens (tertiary/aromatic N) is 4. The minimum Gasteiger partial charge on any atom is -0.497 e. The van der Waals surface area contributed by atoms with Crippen molar-refractivity contribution in [3.63, 3.8) is 0 Å². The van der Waals surface area contributed by atoms with Crippen LogP contribution in [-0.2, 0) is 11.3 Å². The quantitative estimate of drug-likeness (QED) is 0.302. The van der Waals surface area contributed by atoms with E-state index in [0.717, 1.165) is 11.3 Å². The number of carbonyl (C=O) groups excluding carboxylic acids is 1. The van der Waals surface area contributed by atoms with Crippen molar-refractivity contribution >= 4 is 29.3 Å². The number of rotatable bonds is 8. The van der Waals surface area contributed by atoms with Crippen molar-refractivity contribution in [2.45, 2.75) is 11.7 Å². The minimum atomic E-state index is -0.430. The van der Waals surface area contributed by atoms with Crippen LogP contribution in [0.3, 0.4) is 0 Å². The molecule has 174 valence electrons. The van der Waals surface area contributed by atoms with E-state index in [1.165, 1.54) is 17.8 Å². The number of aromatic nitrogens is 3. The SMILES string of the molecule is COc1ccc(CN(C)C(=O)CSc2nnc(-c3ccccc3Cl)n2-c2ccccc2F)cc1. The fraction of sp³-hybridized carbons (Fsp3) is 0.160. The summed E-state index contributed by atoms with van der Waals surface area (Å²) in [6.45, 7) is 0.453. The molecule has 0 spiro atoms. The van der Waals surface area contributed by atoms with Gasteiger partial charge in [-0.3, -0.25) is 9.36 Å². The van der Waals surface area contributed by atoms with Gasteiger partial charge in [0.1, 0.15) is 11.6 Å². The first-order valence-corrected chi connectivity index (χ1v) is 11.8. The molecule has 1 heterocycles. The number of hydrogen-bond donors (Lipinski definition) is 0. The van der Waals surface area contributed by atoms with Gasteiger partial charge in [0.15, 0.2) is 11.0 Å². The van der Waals surface area contributed by atoms with Crippen molar-refractivity contribution in [3.05, 3.63) is 89.2 Å². The van der Waals surface area contributed by atoms with E-state index in [1.54, 1.807) is 54.0 Å². The lowest BCUT2D eigenvalue weighted by molar-refractivity contribution is -0.127. The van der Waals surface area contributed by atoms with Crippen molar-refractivity contribution in [3.8, 4) is 22.8 Å². The van der Waals surface area contributed by atoms with Crippen molar-refractivity contribution in [2.24, 2.45) is 0 Å². The van der Waals surface area contributed by atoms with Crippen molar-refractivity contribution in [1.29, 1.82) is 0 Å². The molecule has 0 saturated carbocycles. The van der Waals surface area contributed by atoms with Gasteiger partial charge in [0, 0.05) is 19.2 Å². The maximum Gasteiger partial charge on any atom is 0.233 e. The van der Waals surface area contributed by atoms with E-state index in [-0.39, 0.29) is 17.3 Å². The molecule has 0 unspecified atom stereocenters. The van der Waals surface area contributed by atoms with E-state index in [0.29, 0.717) is 28.1 Å². The van der Waals surface area contributed by atoms with E-state index >= 15 is 0 Å². The molecular formula is C25H22ClFN4O2S. The Hall–Kier alpha value is -3.36.